The number of amides is 1. The molecule has 2 heterocycles. The molecule has 0 N–H and O–H groups in total. The second-order valence-corrected chi connectivity index (χ2v) is 8.03. The van der Waals surface area contributed by atoms with Gasteiger partial charge in [0, 0.05) is 11.4 Å². The Balaban J connectivity index is 1.52. The largest absolute Gasteiger partial charge is 0.490 e. The molecule has 0 saturated heterocycles. The number of fused-ring (bicyclic) bond motifs is 1. The predicted molar refractivity (Wildman–Crippen MR) is 116 cm³/mol. The number of ether oxygens (including phenoxy) is 2. The van der Waals surface area contributed by atoms with E-state index in [4.69, 9.17) is 9.47 Å². The fraction of sp³-hybridized carbons (Fsp3) is 0.292. The van der Waals surface area contributed by atoms with Crippen LogP contribution in [0.15, 0.2) is 66.0 Å². The van der Waals surface area contributed by atoms with E-state index in [1.165, 1.54) is 10.4 Å². The SMILES string of the molecule is CCCOc1ccccc1OCC(=O)N1CCc2sccc2C1c1ccccc1. The zero-order valence-corrected chi connectivity index (χ0v) is 17.4. The standard InChI is InChI=1S/C24H25NO3S/c1-2-15-27-20-10-6-7-11-21(20)28-17-23(26)25-14-12-22-19(13-16-29-22)24(25)18-8-4-3-5-9-18/h3-11,13,16,24H,2,12,14-15,17H2,1H3. The summed E-state index contributed by atoms with van der Waals surface area (Å²) in [5, 5.41) is 2.12. The van der Waals surface area contributed by atoms with Crippen LogP contribution in [0.25, 0.3) is 0 Å². The third-order valence-corrected chi connectivity index (χ3v) is 6.06. The van der Waals surface area contributed by atoms with Gasteiger partial charge in [0.05, 0.1) is 12.6 Å². The zero-order chi connectivity index (χ0) is 20.1. The number of carbonyl (C=O) groups excluding carboxylic acids is 1. The van der Waals surface area contributed by atoms with Gasteiger partial charge in [0.15, 0.2) is 18.1 Å². The number of nitrogens with zero attached hydrogens (tertiary/aromatic N) is 1. The van der Waals surface area contributed by atoms with Crippen molar-refractivity contribution in [2.75, 3.05) is 19.8 Å². The highest BCUT2D eigenvalue weighted by molar-refractivity contribution is 7.10. The maximum Gasteiger partial charge on any atom is 0.261 e. The van der Waals surface area contributed by atoms with Gasteiger partial charge in [-0.1, -0.05) is 49.4 Å². The average Bonchev–Trinajstić information content (AvgIpc) is 3.25. The van der Waals surface area contributed by atoms with Crippen molar-refractivity contribution in [1.29, 1.82) is 0 Å². The summed E-state index contributed by atoms with van der Waals surface area (Å²) in [5.41, 5.74) is 2.36. The van der Waals surface area contributed by atoms with E-state index in [0.717, 1.165) is 18.4 Å². The fourth-order valence-electron chi connectivity index (χ4n) is 3.70. The van der Waals surface area contributed by atoms with Crippen LogP contribution in [0.1, 0.15) is 35.4 Å². The van der Waals surface area contributed by atoms with Crippen molar-refractivity contribution in [2.24, 2.45) is 0 Å². The minimum absolute atomic E-state index is 0.00466. The van der Waals surface area contributed by atoms with Gasteiger partial charge < -0.3 is 14.4 Å². The average molecular weight is 408 g/mol. The Hall–Kier alpha value is -2.79. The number of benzene rings is 2. The maximum absolute atomic E-state index is 13.2. The Morgan fingerprint density at radius 1 is 1.03 bits per heavy atom. The molecule has 2 aromatic carbocycles. The van der Waals surface area contributed by atoms with Gasteiger partial charge in [-0.05, 0) is 47.5 Å². The first-order chi connectivity index (χ1) is 14.3. The molecule has 3 aromatic rings. The van der Waals surface area contributed by atoms with Crippen LogP contribution >= 0.6 is 11.3 Å². The van der Waals surface area contributed by atoms with Crippen molar-refractivity contribution in [1.82, 2.24) is 4.90 Å². The molecule has 4 rings (SSSR count). The van der Waals surface area contributed by atoms with Crippen molar-refractivity contribution in [3.05, 3.63) is 82.0 Å². The molecular formula is C24H25NO3S. The van der Waals surface area contributed by atoms with Crippen LogP contribution in [0.5, 0.6) is 11.5 Å². The smallest absolute Gasteiger partial charge is 0.261 e. The summed E-state index contributed by atoms with van der Waals surface area (Å²) < 4.78 is 11.6. The lowest BCUT2D eigenvalue weighted by Crippen LogP contribution is -2.42. The lowest BCUT2D eigenvalue weighted by Gasteiger charge is -2.36. The molecule has 1 aliphatic heterocycles. The Morgan fingerprint density at radius 2 is 1.76 bits per heavy atom. The molecule has 0 saturated carbocycles. The van der Waals surface area contributed by atoms with Crippen LogP contribution in [0.3, 0.4) is 0 Å². The highest BCUT2D eigenvalue weighted by Gasteiger charge is 2.32. The lowest BCUT2D eigenvalue weighted by atomic mass is 9.93. The molecule has 1 atom stereocenters. The number of hydrogen-bond acceptors (Lipinski definition) is 4. The Kier molecular flexibility index (Phi) is 6.15. The van der Waals surface area contributed by atoms with Crippen molar-refractivity contribution >= 4 is 17.2 Å². The van der Waals surface area contributed by atoms with Crippen LogP contribution < -0.4 is 9.47 Å². The molecule has 0 fully saturated rings. The van der Waals surface area contributed by atoms with Gasteiger partial charge in [0.2, 0.25) is 0 Å². The van der Waals surface area contributed by atoms with Crippen LogP contribution in [0.4, 0.5) is 0 Å². The summed E-state index contributed by atoms with van der Waals surface area (Å²) in [4.78, 5) is 16.5. The highest BCUT2D eigenvalue weighted by atomic mass is 32.1. The van der Waals surface area contributed by atoms with Gasteiger partial charge >= 0.3 is 0 Å². The van der Waals surface area contributed by atoms with E-state index in [0.29, 0.717) is 24.7 Å². The van der Waals surface area contributed by atoms with E-state index in [1.807, 2.05) is 47.4 Å². The van der Waals surface area contributed by atoms with E-state index in [1.54, 1.807) is 11.3 Å². The summed E-state index contributed by atoms with van der Waals surface area (Å²) in [6, 6.07) is 19.8. The molecule has 150 valence electrons. The van der Waals surface area contributed by atoms with E-state index in [-0.39, 0.29) is 18.6 Å². The van der Waals surface area contributed by atoms with Crippen molar-refractivity contribution < 1.29 is 14.3 Å². The van der Waals surface area contributed by atoms with Gasteiger partial charge in [-0.15, -0.1) is 11.3 Å². The normalized spacial score (nSPS) is 15.6. The fourth-order valence-corrected chi connectivity index (χ4v) is 4.61. The summed E-state index contributed by atoms with van der Waals surface area (Å²) in [7, 11) is 0. The molecule has 5 heteroatoms. The topological polar surface area (TPSA) is 38.8 Å². The minimum atomic E-state index is -0.0612. The summed E-state index contributed by atoms with van der Waals surface area (Å²) in [6.45, 7) is 3.38. The van der Waals surface area contributed by atoms with E-state index < -0.39 is 0 Å². The van der Waals surface area contributed by atoms with Crippen LogP contribution in [0.2, 0.25) is 0 Å². The number of carbonyl (C=O) groups is 1. The maximum atomic E-state index is 13.2. The first kappa shape index (κ1) is 19.5. The van der Waals surface area contributed by atoms with E-state index >= 15 is 0 Å². The summed E-state index contributed by atoms with van der Waals surface area (Å²) >= 11 is 1.77. The van der Waals surface area contributed by atoms with Gasteiger partial charge in [-0.2, -0.15) is 0 Å². The highest BCUT2D eigenvalue weighted by Crippen LogP contribution is 2.38. The Labute approximate surface area is 175 Å². The molecule has 1 aromatic heterocycles. The molecular weight excluding hydrogens is 382 g/mol. The van der Waals surface area contributed by atoms with E-state index in [2.05, 4.69) is 30.5 Å². The Bertz CT molecular complexity index is 954. The molecule has 0 spiro atoms. The number of hydrogen-bond donors (Lipinski definition) is 0. The van der Waals surface area contributed by atoms with Crippen LogP contribution in [-0.2, 0) is 11.2 Å². The van der Waals surface area contributed by atoms with Gasteiger partial charge in [-0.3, -0.25) is 4.79 Å². The molecule has 1 unspecified atom stereocenters. The summed E-state index contributed by atoms with van der Waals surface area (Å²) in [6.07, 6.45) is 1.81. The molecule has 29 heavy (non-hydrogen) atoms. The molecule has 0 bridgehead atoms. The quantitative estimate of drug-likeness (QED) is 0.548. The predicted octanol–water partition coefficient (Wildman–Crippen LogP) is 5.09. The van der Waals surface area contributed by atoms with Crippen LogP contribution in [-0.4, -0.2) is 30.6 Å². The van der Waals surface area contributed by atoms with Crippen LogP contribution in [0, 0.1) is 0 Å². The molecule has 0 aliphatic carbocycles. The molecule has 4 nitrogen and oxygen atoms in total. The first-order valence-electron chi connectivity index (χ1n) is 10.0. The third kappa shape index (κ3) is 4.30. The number of para-hydroxylation sites is 2. The second-order valence-electron chi connectivity index (χ2n) is 7.03. The molecule has 0 radical (unpaired) electrons. The van der Waals surface area contributed by atoms with Crippen molar-refractivity contribution in [3.8, 4) is 11.5 Å². The van der Waals surface area contributed by atoms with Crippen molar-refractivity contribution in [2.45, 2.75) is 25.8 Å². The van der Waals surface area contributed by atoms with E-state index in [9.17, 15) is 4.79 Å². The number of thiophene rings is 1. The van der Waals surface area contributed by atoms with Gasteiger partial charge in [0.25, 0.3) is 5.91 Å². The minimum Gasteiger partial charge on any atom is -0.490 e. The zero-order valence-electron chi connectivity index (χ0n) is 16.5. The van der Waals surface area contributed by atoms with Crippen molar-refractivity contribution in [3.63, 3.8) is 0 Å². The van der Waals surface area contributed by atoms with Gasteiger partial charge in [0.1, 0.15) is 0 Å². The molecule has 1 amide bonds. The third-order valence-electron chi connectivity index (χ3n) is 5.06. The summed E-state index contributed by atoms with van der Waals surface area (Å²) in [5.74, 6) is 1.28. The lowest BCUT2D eigenvalue weighted by molar-refractivity contribution is -0.135. The molecule has 1 aliphatic rings. The Morgan fingerprint density at radius 3 is 2.52 bits per heavy atom. The monoisotopic (exact) mass is 407 g/mol. The second kappa shape index (κ2) is 9.14. The first-order valence-corrected chi connectivity index (χ1v) is 10.9. The number of rotatable bonds is 7. The van der Waals surface area contributed by atoms with Gasteiger partial charge in [-0.25, -0.2) is 0 Å².